The Kier molecular flexibility index (Phi) is 2.79. The van der Waals surface area contributed by atoms with Crippen molar-refractivity contribution in [1.29, 1.82) is 0 Å². The van der Waals surface area contributed by atoms with E-state index in [9.17, 15) is 4.79 Å². The van der Waals surface area contributed by atoms with Crippen molar-refractivity contribution < 1.29 is 4.79 Å². The molecule has 1 heterocycles. The average Bonchev–Trinajstić information content (AvgIpc) is 2.23. The van der Waals surface area contributed by atoms with Gasteiger partial charge >= 0.3 is 0 Å². The molecule has 0 saturated heterocycles. The van der Waals surface area contributed by atoms with Crippen LogP contribution in [-0.4, -0.2) is 11.0 Å². The summed E-state index contributed by atoms with van der Waals surface area (Å²) >= 11 is 4.79. The molecule has 1 aromatic carbocycles. The molecule has 0 bridgehead atoms. The van der Waals surface area contributed by atoms with Crippen LogP contribution in [0.25, 0.3) is 0 Å². The van der Waals surface area contributed by atoms with E-state index in [0.29, 0.717) is 6.54 Å². The maximum atomic E-state index is 11.8. The van der Waals surface area contributed by atoms with E-state index < -0.39 is 5.41 Å². The third-order valence-electron chi connectivity index (χ3n) is 3.05. The minimum absolute atomic E-state index is 0.0556. The number of carbonyl (C=O) groups excluding carboxylic acids is 1. The van der Waals surface area contributed by atoms with Crippen molar-refractivity contribution in [2.45, 2.75) is 25.8 Å². The lowest BCUT2D eigenvalue weighted by Gasteiger charge is -2.32. The Morgan fingerprint density at radius 3 is 2.88 bits per heavy atom. The van der Waals surface area contributed by atoms with E-state index in [2.05, 4.69) is 10.6 Å². The van der Waals surface area contributed by atoms with Crippen LogP contribution >= 0.6 is 12.2 Å². The topological polar surface area (TPSA) is 67.2 Å². The van der Waals surface area contributed by atoms with Gasteiger partial charge in [-0.3, -0.25) is 4.79 Å². The Morgan fingerprint density at radius 1 is 1.53 bits per heavy atom. The van der Waals surface area contributed by atoms with E-state index in [1.807, 2.05) is 32.0 Å². The first kappa shape index (κ1) is 11.9. The lowest BCUT2D eigenvalue weighted by Crippen LogP contribution is -2.44. The molecule has 5 heteroatoms. The predicted octanol–water partition coefficient (Wildman–Crippen LogP) is 1.25. The minimum Gasteiger partial charge on any atom is -0.376 e. The first-order valence-electron chi connectivity index (χ1n) is 5.39. The number of thiocarbonyl (C=S) groups is 1. The minimum atomic E-state index is -0.491. The summed E-state index contributed by atoms with van der Waals surface area (Å²) < 4.78 is 0. The third-order valence-corrected chi connectivity index (χ3v) is 3.16. The number of fused-ring (bicyclic) bond motifs is 1. The molecular weight excluding hydrogens is 234 g/mol. The largest absolute Gasteiger partial charge is 0.376 e. The van der Waals surface area contributed by atoms with Gasteiger partial charge in [0.25, 0.3) is 0 Å². The van der Waals surface area contributed by atoms with Gasteiger partial charge in [-0.25, -0.2) is 0 Å². The molecule has 17 heavy (non-hydrogen) atoms. The smallest absolute Gasteiger partial charge is 0.230 e. The molecule has 0 fully saturated rings. The van der Waals surface area contributed by atoms with Gasteiger partial charge in [0.05, 0.1) is 5.41 Å². The molecule has 90 valence electrons. The number of carbonyl (C=O) groups is 1. The molecule has 1 aliphatic rings. The monoisotopic (exact) mass is 249 g/mol. The Balaban J connectivity index is 2.41. The lowest BCUT2D eigenvalue weighted by molar-refractivity contribution is -0.126. The number of benzene rings is 1. The highest BCUT2D eigenvalue weighted by molar-refractivity contribution is 7.80. The predicted molar refractivity (Wildman–Crippen MR) is 71.7 cm³/mol. The van der Waals surface area contributed by atoms with Crippen LogP contribution < -0.4 is 16.4 Å². The Morgan fingerprint density at radius 2 is 2.24 bits per heavy atom. The van der Waals surface area contributed by atoms with Crippen molar-refractivity contribution in [3.8, 4) is 0 Å². The molecule has 0 aliphatic carbocycles. The fourth-order valence-corrected chi connectivity index (χ4v) is 2.21. The van der Waals surface area contributed by atoms with Gasteiger partial charge in [-0.15, -0.1) is 0 Å². The molecule has 0 saturated carbocycles. The Bertz CT molecular complexity index is 497. The SMILES string of the molecule is CC1(C)C(=O)NCc2cc(NC(N)=S)ccc21. The first-order chi connectivity index (χ1) is 7.91. The van der Waals surface area contributed by atoms with E-state index in [0.717, 1.165) is 16.8 Å². The third kappa shape index (κ3) is 2.10. The van der Waals surface area contributed by atoms with Crippen molar-refractivity contribution in [1.82, 2.24) is 5.32 Å². The molecular formula is C12H15N3OS. The summed E-state index contributed by atoms with van der Waals surface area (Å²) in [6.07, 6.45) is 0. The van der Waals surface area contributed by atoms with E-state index in [4.69, 9.17) is 18.0 Å². The summed E-state index contributed by atoms with van der Waals surface area (Å²) in [7, 11) is 0. The van der Waals surface area contributed by atoms with Gasteiger partial charge in [-0.2, -0.15) is 0 Å². The highest BCUT2D eigenvalue weighted by Crippen LogP contribution is 2.31. The van der Waals surface area contributed by atoms with E-state index in [-0.39, 0.29) is 11.0 Å². The fourth-order valence-electron chi connectivity index (χ4n) is 2.09. The van der Waals surface area contributed by atoms with Gasteiger partial charge < -0.3 is 16.4 Å². The quantitative estimate of drug-likeness (QED) is 0.655. The molecule has 4 nitrogen and oxygen atoms in total. The summed E-state index contributed by atoms with van der Waals surface area (Å²) in [6.45, 7) is 4.38. The summed E-state index contributed by atoms with van der Waals surface area (Å²) in [4.78, 5) is 11.8. The van der Waals surface area contributed by atoms with Crippen molar-refractivity contribution in [2.75, 3.05) is 5.32 Å². The number of nitrogens with two attached hydrogens (primary N) is 1. The fraction of sp³-hybridized carbons (Fsp3) is 0.333. The van der Waals surface area contributed by atoms with Crippen molar-refractivity contribution in [2.24, 2.45) is 5.73 Å². The number of amides is 1. The van der Waals surface area contributed by atoms with Crippen LogP contribution in [0.2, 0.25) is 0 Å². The van der Waals surface area contributed by atoms with Crippen molar-refractivity contribution in [3.05, 3.63) is 29.3 Å². The van der Waals surface area contributed by atoms with E-state index >= 15 is 0 Å². The second-order valence-electron chi connectivity index (χ2n) is 4.67. The van der Waals surface area contributed by atoms with Crippen LogP contribution in [-0.2, 0) is 16.8 Å². The van der Waals surface area contributed by atoms with Gasteiger partial charge in [-0.05, 0) is 49.3 Å². The van der Waals surface area contributed by atoms with Crippen LogP contribution in [0.15, 0.2) is 18.2 Å². The van der Waals surface area contributed by atoms with Gasteiger partial charge in [0.15, 0.2) is 5.11 Å². The zero-order valence-electron chi connectivity index (χ0n) is 9.83. The normalized spacial score (nSPS) is 16.9. The highest BCUT2D eigenvalue weighted by atomic mass is 32.1. The number of hydrogen-bond acceptors (Lipinski definition) is 2. The average molecular weight is 249 g/mol. The van der Waals surface area contributed by atoms with Crippen LogP contribution in [0.3, 0.4) is 0 Å². The molecule has 1 aromatic rings. The van der Waals surface area contributed by atoms with Crippen LogP contribution in [0.4, 0.5) is 5.69 Å². The van der Waals surface area contributed by atoms with Crippen molar-refractivity contribution in [3.63, 3.8) is 0 Å². The van der Waals surface area contributed by atoms with Gasteiger partial charge in [0.1, 0.15) is 0 Å². The Hall–Kier alpha value is -1.62. The maximum absolute atomic E-state index is 11.8. The number of nitrogens with one attached hydrogen (secondary N) is 2. The maximum Gasteiger partial charge on any atom is 0.230 e. The van der Waals surface area contributed by atoms with E-state index in [1.54, 1.807) is 0 Å². The zero-order chi connectivity index (χ0) is 12.6. The van der Waals surface area contributed by atoms with Crippen LogP contribution in [0.1, 0.15) is 25.0 Å². The first-order valence-corrected chi connectivity index (χ1v) is 5.80. The van der Waals surface area contributed by atoms with E-state index in [1.165, 1.54) is 0 Å². The summed E-state index contributed by atoms with van der Waals surface area (Å²) in [5.41, 5.74) is 7.93. The molecule has 0 aromatic heterocycles. The molecule has 0 spiro atoms. The van der Waals surface area contributed by atoms with Gasteiger partial charge in [0.2, 0.25) is 5.91 Å². The summed E-state index contributed by atoms with van der Waals surface area (Å²) in [6, 6.07) is 5.81. The summed E-state index contributed by atoms with van der Waals surface area (Å²) in [5.74, 6) is 0.0556. The molecule has 2 rings (SSSR count). The molecule has 0 radical (unpaired) electrons. The van der Waals surface area contributed by atoms with Gasteiger partial charge in [0, 0.05) is 12.2 Å². The number of rotatable bonds is 1. The second-order valence-corrected chi connectivity index (χ2v) is 5.11. The highest BCUT2D eigenvalue weighted by Gasteiger charge is 2.35. The molecule has 0 unspecified atom stereocenters. The summed E-state index contributed by atoms with van der Waals surface area (Å²) in [5, 5.41) is 6.01. The zero-order valence-corrected chi connectivity index (χ0v) is 10.6. The Labute approximate surface area is 106 Å². The second kappa shape index (κ2) is 4.00. The molecule has 4 N–H and O–H groups in total. The number of anilines is 1. The van der Waals surface area contributed by atoms with Crippen LogP contribution in [0.5, 0.6) is 0 Å². The van der Waals surface area contributed by atoms with Crippen LogP contribution in [0, 0.1) is 0 Å². The lowest BCUT2D eigenvalue weighted by atomic mass is 9.78. The van der Waals surface area contributed by atoms with Gasteiger partial charge in [-0.1, -0.05) is 6.07 Å². The molecule has 1 aliphatic heterocycles. The van der Waals surface area contributed by atoms with Crippen molar-refractivity contribution >= 4 is 28.9 Å². The number of hydrogen-bond donors (Lipinski definition) is 3. The molecule has 1 amide bonds. The molecule has 0 atom stereocenters. The standard InChI is InChI=1S/C12H15N3OS/c1-12(2)9-4-3-8(15-11(13)17)5-7(9)6-14-10(12)16/h3-5H,6H2,1-2H3,(H,14,16)(H3,13,15,17).